The summed E-state index contributed by atoms with van der Waals surface area (Å²) in [6.45, 7) is 0. The van der Waals surface area contributed by atoms with Gasteiger partial charge >= 0.3 is 6.03 Å². The first-order chi connectivity index (χ1) is 10.3. The second-order valence-electron chi connectivity index (χ2n) is 4.07. The highest BCUT2D eigenvalue weighted by Gasteiger charge is 2.14. The van der Waals surface area contributed by atoms with Gasteiger partial charge in [0.1, 0.15) is 0 Å². The predicted molar refractivity (Wildman–Crippen MR) is 95.6 cm³/mol. The van der Waals surface area contributed by atoms with Crippen molar-refractivity contribution in [3.63, 3.8) is 0 Å². The molecule has 0 saturated heterocycles. The highest BCUT2D eigenvalue weighted by molar-refractivity contribution is 6.43. The Bertz CT molecular complexity index is 642. The summed E-state index contributed by atoms with van der Waals surface area (Å²) in [5, 5.41) is 6.49. The van der Waals surface area contributed by atoms with Gasteiger partial charge in [-0.2, -0.15) is 0 Å². The fraction of sp³-hybridized carbons (Fsp3) is 0. The average Bonchev–Trinajstić information content (AvgIpc) is 2.38. The third kappa shape index (κ3) is 4.25. The van der Waals surface area contributed by atoms with Gasteiger partial charge in [-0.05, 0) is 24.3 Å². The van der Waals surface area contributed by atoms with Gasteiger partial charge in [0.05, 0.1) is 31.5 Å². The van der Waals surface area contributed by atoms with Crippen molar-refractivity contribution in [3.05, 3.63) is 54.4 Å². The van der Waals surface area contributed by atoms with Crippen LogP contribution in [0.15, 0.2) is 24.3 Å². The van der Waals surface area contributed by atoms with Crippen molar-refractivity contribution >= 4 is 87.0 Å². The van der Waals surface area contributed by atoms with E-state index in [0.717, 1.165) is 0 Å². The van der Waals surface area contributed by atoms with E-state index in [1.54, 1.807) is 0 Å². The van der Waals surface area contributed by atoms with E-state index < -0.39 is 6.03 Å². The predicted octanol–water partition coefficient (Wildman–Crippen LogP) is 7.25. The highest BCUT2D eigenvalue weighted by atomic mass is 35.5. The zero-order valence-corrected chi connectivity index (χ0v) is 15.0. The lowest BCUT2D eigenvalue weighted by Gasteiger charge is -2.13. The quantitative estimate of drug-likeness (QED) is 0.529. The Morgan fingerprint density at radius 2 is 0.909 bits per heavy atom. The number of nitrogens with one attached hydrogen (secondary N) is 2. The van der Waals surface area contributed by atoms with E-state index in [-0.39, 0.29) is 31.5 Å². The van der Waals surface area contributed by atoms with Crippen LogP contribution in [0.2, 0.25) is 30.1 Å². The van der Waals surface area contributed by atoms with Crippen LogP contribution in [0.25, 0.3) is 0 Å². The fourth-order valence-corrected chi connectivity index (χ4v) is 3.40. The summed E-state index contributed by atoms with van der Waals surface area (Å²) in [6.07, 6.45) is 0. The third-order valence-corrected chi connectivity index (χ3v) is 4.12. The number of urea groups is 1. The largest absolute Gasteiger partial charge is 0.323 e. The van der Waals surface area contributed by atoms with E-state index in [4.69, 9.17) is 69.6 Å². The molecule has 3 nitrogen and oxygen atoms in total. The molecule has 2 amide bonds. The molecular weight excluding hydrogens is 413 g/mol. The zero-order valence-electron chi connectivity index (χ0n) is 10.5. The van der Waals surface area contributed by atoms with Gasteiger partial charge < -0.3 is 10.6 Å². The van der Waals surface area contributed by atoms with E-state index in [1.807, 2.05) is 0 Å². The first-order valence-corrected chi connectivity index (χ1v) is 7.92. The molecule has 2 N–H and O–H groups in total. The third-order valence-electron chi connectivity index (χ3n) is 2.49. The molecule has 0 aliphatic heterocycles. The molecule has 0 fully saturated rings. The van der Waals surface area contributed by atoms with Crippen molar-refractivity contribution in [2.75, 3.05) is 10.6 Å². The summed E-state index contributed by atoms with van der Waals surface area (Å²) in [7, 11) is 0. The van der Waals surface area contributed by atoms with Crippen LogP contribution >= 0.6 is 69.6 Å². The lowest BCUT2D eigenvalue weighted by atomic mass is 10.3. The molecule has 0 unspecified atom stereocenters. The molecule has 0 aromatic heterocycles. The SMILES string of the molecule is O=C(Nc1c(Cl)cc(Cl)cc1Cl)Nc1c(Cl)cc(Cl)cc1Cl. The second-order valence-corrected chi connectivity index (χ2v) is 6.57. The average molecular weight is 419 g/mol. The number of carbonyl (C=O) groups is 1. The van der Waals surface area contributed by atoms with Crippen molar-refractivity contribution < 1.29 is 4.79 Å². The Balaban J connectivity index is 2.22. The molecule has 0 spiro atoms. The van der Waals surface area contributed by atoms with E-state index in [2.05, 4.69) is 10.6 Å². The standard InChI is InChI=1S/C13H6Cl6N2O/c14-5-1-7(16)11(8(17)2-5)20-13(22)21-12-9(18)3-6(15)4-10(12)19/h1-4H,(H2,20,21,22). The van der Waals surface area contributed by atoms with Crippen LogP contribution in [0.4, 0.5) is 16.2 Å². The topological polar surface area (TPSA) is 41.1 Å². The maximum Gasteiger partial charge on any atom is 0.323 e. The molecule has 0 heterocycles. The smallest absolute Gasteiger partial charge is 0.305 e. The number of amides is 2. The molecule has 0 aliphatic rings. The Morgan fingerprint density at radius 1 is 0.636 bits per heavy atom. The summed E-state index contributed by atoms with van der Waals surface area (Å²) >= 11 is 35.5. The van der Waals surface area contributed by atoms with Crippen LogP contribution in [-0.2, 0) is 0 Å². The molecule has 0 aliphatic carbocycles. The number of rotatable bonds is 2. The molecule has 9 heteroatoms. The normalized spacial score (nSPS) is 10.5. The number of benzene rings is 2. The molecule has 0 atom stereocenters. The summed E-state index contributed by atoms with van der Waals surface area (Å²) in [5.74, 6) is 0. The molecule has 22 heavy (non-hydrogen) atoms. The number of hydrogen-bond acceptors (Lipinski definition) is 1. The van der Waals surface area contributed by atoms with Crippen molar-refractivity contribution in [1.82, 2.24) is 0 Å². The lowest BCUT2D eigenvalue weighted by Crippen LogP contribution is -2.20. The lowest BCUT2D eigenvalue weighted by molar-refractivity contribution is 0.262. The van der Waals surface area contributed by atoms with Gasteiger partial charge in [0.15, 0.2) is 0 Å². The molecule has 0 bridgehead atoms. The number of anilines is 2. The molecular formula is C13H6Cl6N2O. The van der Waals surface area contributed by atoms with Crippen LogP contribution < -0.4 is 10.6 Å². The van der Waals surface area contributed by atoms with Crippen LogP contribution in [-0.4, -0.2) is 6.03 Å². The van der Waals surface area contributed by atoms with Gasteiger partial charge in [0.2, 0.25) is 0 Å². The minimum Gasteiger partial charge on any atom is -0.305 e. The Labute approximate surface area is 156 Å². The monoisotopic (exact) mass is 416 g/mol. The molecule has 116 valence electrons. The van der Waals surface area contributed by atoms with Gasteiger partial charge in [-0.25, -0.2) is 4.79 Å². The van der Waals surface area contributed by atoms with E-state index in [9.17, 15) is 4.79 Å². The van der Waals surface area contributed by atoms with Crippen LogP contribution in [0, 0.1) is 0 Å². The van der Waals surface area contributed by atoms with Crippen LogP contribution in [0.5, 0.6) is 0 Å². The number of hydrogen-bond donors (Lipinski definition) is 2. The minimum absolute atomic E-state index is 0.195. The van der Waals surface area contributed by atoms with E-state index in [1.165, 1.54) is 24.3 Å². The van der Waals surface area contributed by atoms with E-state index in [0.29, 0.717) is 10.0 Å². The summed E-state index contributed by atoms with van der Waals surface area (Å²) in [5.41, 5.74) is 0.429. The molecule has 2 rings (SSSR count). The van der Waals surface area contributed by atoms with Gasteiger partial charge in [0.25, 0.3) is 0 Å². The van der Waals surface area contributed by atoms with Crippen molar-refractivity contribution in [2.45, 2.75) is 0 Å². The van der Waals surface area contributed by atoms with Crippen molar-refractivity contribution in [3.8, 4) is 0 Å². The minimum atomic E-state index is -0.628. The Hall–Kier alpha value is -0.550. The summed E-state index contributed by atoms with van der Waals surface area (Å²) < 4.78 is 0. The summed E-state index contributed by atoms with van der Waals surface area (Å²) in [4.78, 5) is 12.0. The maximum absolute atomic E-state index is 12.0. The molecule has 0 saturated carbocycles. The Morgan fingerprint density at radius 3 is 1.18 bits per heavy atom. The van der Waals surface area contributed by atoms with Gasteiger partial charge in [-0.1, -0.05) is 69.6 Å². The number of carbonyl (C=O) groups excluding carboxylic acids is 1. The first-order valence-electron chi connectivity index (χ1n) is 5.65. The molecule has 0 radical (unpaired) electrons. The van der Waals surface area contributed by atoms with Crippen molar-refractivity contribution in [1.29, 1.82) is 0 Å². The van der Waals surface area contributed by atoms with E-state index >= 15 is 0 Å². The summed E-state index contributed by atoms with van der Waals surface area (Å²) in [6, 6.07) is 5.18. The second kappa shape index (κ2) is 7.35. The first kappa shape index (κ1) is 17.8. The zero-order chi connectivity index (χ0) is 16.4. The van der Waals surface area contributed by atoms with Gasteiger partial charge in [-0.3, -0.25) is 0 Å². The van der Waals surface area contributed by atoms with Gasteiger partial charge in [0, 0.05) is 10.0 Å². The van der Waals surface area contributed by atoms with Gasteiger partial charge in [-0.15, -0.1) is 0 Å². The van der Waals surface area contributed by atoms with Crippen LogP contribution in [0.3, 0.4) is 0 Å². The maximum atomic E-state index is 12.0. The van der Waals surface area contributed by atoms with Crippen LogP contribution in [0.1, 0.15) is 0 Å². The Kier molecular flexibility index (Phi) is 5.94. The molecule has 2 aromatic carbocycles. The van der Waals surface area contributed by atoms with Crippen molar-refractivity contribution in [2.24, 2.45) is 0 Å². The fourth-order valence-electron chi connectivity index (χ4n) is 1.58. The highest BCUT2D eigenvalue weighted by Crippen LogP contribution is 2.35. The molecule has 2 aromatic rings. The number of halogens is 6.